The van der Waals surface area contributed by atoms with Gasteiger partial charge in [-0.15, -0.1) is 0 Å². The van der Waals surface area contributed by atoms with E-state index in [2.05, 4.69) is 86.4 Å². The van der Waals surface area contributed by atoms with Crippen molar-refractivity contribution in [3.63, 3.8) is 0 Å². The lowest BCUT2D eigenvalue weighted by Gasteiger charge is -2.43. The summed E-state index contributed by atoms with van der Waals surface area (Å²) in [6.45, 7) is 9.71. The van der Waals surface area contributed by atoms with E-state index in [4.69, 9.17) is 9.16 Å². The summed E-state index contributed by atoms with van der Waals surface area (Å²) in [7, 11) is -2.49. The molecule has 0 aliphatic carbocycles. The van der Waals surface area contributed by atoms with Crippen LogP contribution in [0, 0.1) is 12.1 Å². The molecule has 164 valence electrons. The average molecular weight is 437 g/mol. The van der Waals surface area contributed by atoms with E-state index in [1.54, 1.807) is 6.92 Å². The van der Waals surface area contributed by atoms with Crippen molar-refractivity contribution in [2.45, 2.75) is 45.6 Å². The Morgan fingerprint density at radius 1 is 0.903 bits per heavy atom. The van der Waals surface area contributed by atoms with Gasteiger partial charge >= 0.3 is 0 Å². The van der Waals surface area contributed by atoms with Gasteiger partial charge in [-0.2, -0.15) is 4.73 Å². The lowest BCUT2D eigenvalue weighted by atomic mass is 10.2. The molecule has 2 aromatic carbocycles. The highest BCUT2D eigenvalue weighted by molar-refractivity contribution is 6.99. The Balaban J connectivity index is 1.70. The Kier molecular flexibility index (Phi) is 7.46. The van der Waals surface area contributed by atoms with Gasteiger partial charge in [-0.3, -0.25) is 0 Å². The van der Waals surface area contributed by atoms with Gasteiger partial charge in [-0.1, -0.05) is 81.4 Å². The van der Waals surface area contributed by atoms with Crippen LogP contribution < -0.4 is 19.8 Å². The van der Waals surface area contributed by atoms with E-state index in [-0.39, 0.29) is 5.04 Å². The topological polar surface area (TPSA) is 58.3 Å². The number of nitrogens with zero attached hydrogens (tertiary/aromatic N) is 2. The van der Waals surface area contributed by atoms with E-state index in [0.29, 0.717) is 24.8 Å². The third-order valence-corrected chi connectivity index (χ3v) is 10.6. The number of benzene rings is 2. The van der Waals surface area contributed by atoms with Crippen LogP contribution in [0.4, 0.5) is 0 Å². The molecular weight excluding hydrogens is 404 g/mol. The van der Waals surface area contributed by atoms with Gasteiger partial charge in [0.15, 0.2) is 6.20 Å². The Morgan fingerprint density at radius 2 is 1.45 bits per heavy atom. The number of aromatic nitrogens is 2. The average Bonchev–Trinajstić information content (AvgIpc) is 2.76. The van der Waals surface area contributed by atoms with E-state index in [1.165, 1.54) is 22.8 Å². The Bertz CT molecular complexity index is 920. The van der Waals surface area contributed by atoms with E-state index in [9.17, 15) is 5.21 Å². The second-order valence-corrected chi connectivity index (χ2v) is 13.0. The van der Waals surface area contributed by atoms with Crippen LogP contribution in [0.25, 0.3) is 0 Å². The Hall–Kier alpha value is -2.70. The molecule has 1 aromatic heterocycles. The number of ether oxygens (including phenoxy) is 1. The normalized spacial score (nSPS) is 12.0. The highest BCUT2D eigenvalue weighted by Gasteiger charge is 2.49. The summed E-state index contributed by atoms with van der Waals surface area (Å²) in [6, 6.07) is 21.3. The summed E-state index contributed by atoms with van der Waals surface area (Å²) in [6.07, 6.45) is 4.53. The van der Waals surface area contributed by atoms with Crippen LogP contribution in [-0.2, 0) is 4.43 Å². The number of hydrogen-bond acceptors (Lipinski definition) is 4. The zero-order chi connectivity index (χ0) is 22.3. The molecule has 0 aliphatic rings. The first-order valence-corrected chi connectivity index (χ1v) is 12.7. The second-order valence-electron chi connectivity index (χ2n) is 8.71. The molecular formula is C25H32N2O3Si. The van der Waals surface area contributed by atoms with Crippen LogP contribution >= 0.6 is 0 Å². The van der Waals surface area contributed by atoms with Crippen molar-refractivity contribution < 1.29 is 13.9 Å². The molecule has 0 saturated carbocycles. The minimum atomic E-state index is -2.49. The minimum Gasteiger partial charge on any atom is -0.618 e. The summed E-state index contributed by atoms with van der Waals surface area (Å²) in [5, 5.41) is 14.2. The molecule has 0 N–H and O–H groups in total. The van der Waals surface area contributed by atoms with Crippen molar-refractivity contribution in [1.82, 2.24) is 4.98 Å². The van der Waals surface area contributed by atoms with E-state index in [1.807, 2.05) is 0 Å². The SMILES string of the molecule is Cc1c(OCCCCO[Si](c2ccccc2)(c2ccccc2)C(C)(C)C)ncc[n+]1[O-]. The van der Waals surface area contributed by atoms with E-state index in [0.717, 1.165) is 17.6 Å². The van der Waals surface area contributed by atoms with Crippen LogP contribution in [0.15, 0.2) is 73.1 Å². The molecule has 0 radical (unpaired) electrons. The van der Waals surface area contributed by atoms with Crippen LogP contribution in [0.1, 0.15) is 39.3 Å². The summed E-state index contributed by atoms with van der Waals surface area (Å²) in [5.41, 5.74) is 0.478. The number of rotatable bonds is 9. The van der Waals surface area contributed by atoms with Gasteiger partial charge in [-0.25, -0.2) is 4.98 Å². The highest BCUT2D eigenvalue weighted by Crippen LogP contribution is 2.36. The Morgan fingerprint density at radius 3 is 2.00 bits per heavy atom. The van der Waals surface area contributed by atoms with Crippen LogP contribution in [-0.4, -0.2) is 26.5 Å². The van der Waals surface area contributed by atoms with Crippen molar-refractivity contribution in [3.8, 4) is 5.88 Å². The highest BCUT2D eigenvalue weighted by atomic mass is 28.4. The molecule has 6 heteroatoms. The van der Waals surface area contributed by atoms with Crippen LogP contribution in [0.3, 0.4) is 0 Å². The third kappa shape index (κ3) is 5.14. The summed E-state index contributed by atoms with van der Waals surface area (Å²) >= 11 is 0. The van der Waals surface area contributed by atoms with Crippen molar-refractivity contribution in [2.75, 3.05) is 13.2 Å². The lowest BCUT2D eigenvalue weighted by Crippen LogP contribution is -2.66. The van der Waals surface area contributed by atoms with Gasteiger partial charge in [0.05, 0.1) is 12.8 Å². The van der Waals surface area contributed by atoms with E-state index >= 15 is 0 Å². The lowest BCUT2D eigenvalue weighted by molar-refractivity contribution is -0.613. The van der Waals surface area contributed by atoms with Gasteiger partial charge in [0.2, 0.25) is 0 Å². The predicted octanol–water partition coefficient (Wildman–Crippen LogP) is 3.76. The second kappa shape index (κ2) is 10.1. The molecule has 3 aromatic rings. The first-order valence-electron chi connectivity index (χ1n) is 10.8. The monoisotopic (exact) mass is 436 g/mol. The molecule has 0 unspecified atom stereocenters. The molecule has 0 saturated heterocycles. The fourth-order valence-electron chi connectivity index (χ4n) is 3.96. The van der Waals surface area contributed by atoms with Gasteiger partial charge in [0.1, 0.15) is 0 Å². The fraction of sp³-hybridized carbons (Fsp3) is 0.360. The zero-order valence-corrected chi connectivity index (χ0v) is 19.9. The van der Waals surface area contributed by atoms with Gasteiger partial charge in [0, 0.05) is 13.5 Å². The molecule has 0 atom stereocenters. The summed E-state index contributed by atoms with van der Waals surface area (Å²) in [5.74, 6) is 0.394. The van der Waals surface area contributed by atoms with Crippen molar-refractivity contribution in [3.05, 3.63) is 84.0 Å². The van der Waals surface area contributed by atoms with Crippen molar-refractivity contribution >= 4 is 18.7 Å². The smallest absolute Gasteiger partial charge is 0.284 e. The molecule has 31 heavy (non-hydrogen) atoms. The quantitative estimate of drug-likeness (QED) is 0.222. The van der Waals surface area contributed by atoms with Crippen molar-refractivity contribution in [2.24, 2.45) is 0 Å². The zero-order valence-electron chi connectivity index (χ0n) is 18.9. The molecule has 0 aliphatic heterocycles. The summed E-state index contributed by atoms with van der Waals surface area (Å²) < 4.78 is 13.4. The predicted molar refractivity (Wildman–Crippen MR) is 126 cm³/mol. The van der Waals surface area contributed by atoms with Gasteiger partial charge in [0.25, 0.3) is 19.9 Å². The standard InChI is InChI=1S/C25H32N2O3Si/c1-21-24(26-17-18-27(21)28)29-19-11-12-20-30-31(25(2,3)4,22-13-7-5-8-14-22)23-15-9-6-10-16-23/h5-10,13-18H,11-12,19-20H2,1-4H3. The molecule has 1 heterocycles. The molecule has 3 rings (SSSR count). The van der Waals surface area contributed by atoms with Crippen molar-refractivity contribution in [1.29, 1.82) is 0 Å². The third-order valence-electron chi connectivity index (χ3n) is 5.55. The molecule has 5 nitrogen and oxygen atoms in total. The fourth-order valence-corrected chi connectivity index (χ4v) is 8.57. The minimum absolute atomic E-state index is 0.0287. The maximum absolute atomic E-state index is 11.6. The summed E-state index contributed by atoms with van der Waals surface area (Å²) in [4.78, 5) is 4.14. The van der Waals surface area contributed by atoms with Gasteiger partial charge < -0.3 is 14.4 Å². The van der Waals surface area contributed by atoms with Crippen LogP contribution in [0.5, 0.6) is 5.88 Å². The first kappa shape index (κ1) is 23.0. The molecule has 0 spiro atoms. The number of unbranched alkanes of at least 4 members (excludes halogenated alkanes) is 1. The van der Waals surface area contributed by atoms with E-state index < -0.39 is 8.32 Å². The Labute approximate surface area is 186 Å². The van der Waals surface area contributed by atoms with Crippen LogP contribution in [0.2, 0.25) is 5.04 Å². The molecule has 0 bridgehead atoms. The number of hydrogen-bond donors (Lipinski definition) is 0. The molecule has 0 amide bonds. The first-order chi connectivity index (χ1) is 14.9. The maximum atomic E-state index is 11.6. The molecule has 0 fully saturated rings. The largest absolute Gasteiger partial charge is 0.618 e. The van der Waals surface area contributed by atoms with Gasteiger partial charge in [-0.05, 0) is 28.3 Å². The maximum Gasteiger partial charge on any atom is 0.284 e.